The summed E-state index contributed by atoms with van der Waals surface area (Å²) in [6.07, 6.45) is 5.06. The van der Waals surface area contributed by atoms with Crippen molar-refractivity contribution in [2.45, 2.75) is 31.7 Å². The van der Waals surface area contributed by atoms with Crippen molar-refractivity contribution in [2.24, 2.45) is 11.8 Å². The van der Waals surface area contributed by atoms with Crippen molar-refractivity contribution in [1.82, 2.24) is 15.5 Å². The molecular weight excluding hydrogens is 236 g/mol. The quantitative estimate of drug-likeness (QED) is 0.855. The Labute approximate surface area is 104 Å². The van der Waals surface area contributed by atoms with Gasteiger partial charge < -0.3 is 10.6 Å². The lowest BCUT2D eigenvalue weighted by atomic mass is 9.95. The average molecular weight is 252 g/mol. The van der Waals surface area contributed by atoms with E-state index in [0.29, 0.717) is 22.1 Å². The molecule has 5 nitrogen and oxygen atoms in total. The molecule has 2 bridgehead atoms. The number of hydrogen-bond donors (Lipinski definition) is 2. The second kappa shape index (κ2) is 4.25. The van der Waals surface area contributed by atoms with Gasteiger partial charge in [-0.3, -0.25) is 4.79 Å². The van der Waals surface area contributed by atoms with Crippen LogP contribution in [0.25, 0.3) is 0 Å². The number of nitrogens with zero attached hydrogens (tertiary/aromatic N) is 2. The molecule has 6 heteroatoms. The molecule has 1 amide bonds. The van der Waals surface area contributed by atoms with Gasteiger partial charge in [-0.2, -0.15) is 0 Å². The van der Waals surface area contributed by atoms with Gasteiger partial charge in [0.2, 0.25) is 10.1 Å². The lowest BCUT2D eigenvalue weighted by Crippen LogP contribution is -2.38. The van der Waals surface area contributed by atoms with Crippen LogP contribution in [0, 0.1) is 11.8 Å². The highest BCUT2D eigenvalue weighted by Crippen LogP contribution is 2.44. The fraction of sp³-hybridized carbons (Fsp3) is 0.727. The normalized spacial score (nSPS) is 30.5. The van der Waals surface area contributed by atoms with Crippen molar-refractivity contribution in [3.63, 3.8) is 0 Å². The molecule has 0 aliphatic heterocycles. The zero-order valence-corrected chi connectivity index (χ0v) is 10.6. The van der Waals surface area contributed by atoms with Crippen molar-refractivity contribution >= 4 is 22.4 Å². The summed E-state index contributed by atoms with van der Waals surface area (Å²) >= 11 is 1.30. The number of nitrogens with one attached hydrogen (secondary N) is 2. The second-order valence-electron chi connectivity index (χ2n) is 4.92. The van der Waals surface area contributed by atoms with Crippen molar-refractivity contribution in [3.8, 4) is 0 Å². The Kier molecular flexibility index (Phi) is 2.74. The van der Waals surface area contributed by atoms with Crippen LogP contribution in [0.15, 0.2) is 0 Å². The maximum Gasteiger partial charge on any atom is 0.282 e. The molecule has 0 spiro atoms. The van der Waals surface area contributed by atoms with E-state index in [4.69, 9.17) is 0 Å². The largest absolute Gasteiger partial charge is 0.363 e. The summed E-state index contributed by atoms with van der Waals surface area (Å²) in [6, 6.07) is 0.364. The number of amides is 1. The van der Waals surface area contributed by atoms with E-state index in [9.17, 15) is 4.79 Å². The molecule has 2 aliphatic carbocycles. The zero-order chi connectivity index (χ0) is 11.8. The number of rotatable bonds is 3. The first-order valence-electron chi connectivity index (χ1n) is 6.08. The number of fused-ring (bicyclic) bond motifs is 2. The Bertz CT molecular complexity index is 433. The first-order chi connectivity index (χ1) is 8.26. The molecule has 2 fully saturated rings. The first-order valence-corrected chi connectivity index (χ1v) is 6.90. The minimum atomic E-state index is -0.0680. The van der Waals surface area contributed by atoms with Gasteiger partial charge in [0, 0.05) is 13.1 Å². The van der Waals surface area contributed by atoms with E-state index in [1.54, 1.807) is 7.05 Å². The van der Waals surface area contributed by atoms with Crippen molar-refractivity contribution < 1.29 is 4.79 Å². The second-order valence-corrected chi connectivity index (χ2v) is 5.89. The molecule has 1 aromatic rings. The Morgan fingerprint density at radius 3 is 2.82 bits per heavy atom. The van der Waals surface area contributed by atoms with Gasteiger partial charge in [-0.25, -0.2) is 0 Å². The molecule has 3 unspecified atom stereocenters. The van der Waals surface area contributed by atoms with Crippen LogP contribution < -0.4 is 10.6 Å². The fourth-order valence-electron chi connectivity index (χ4n) is 3.07. The minimum absolute atomic E-state index is 0.0680. The molecule has 17 heavy (non-hydrogen) atoms. The van der Waals surface area contributed by atoms with Gasteiger partial charge in [-0.1, -0.05) is 17.8 Å². The Balaban J connectivity index is 1.63. The van der Waals surface area contributed by atoms with Crippen molar-refractivity contribution in [1.29, 1.82) is 0 Å². The molecule has 2 aliphatic rings. The summed E-state index contributed by atoms with van der Waals surface area (Å²) in [7, 11) is 1.78. The van der Waals surface area contributed by atoms with E-state index in [2.05, 4.69) is 20.8 Å². The highest BCUT2D eigenvalue weighted by molar-refractivity contribution is 7.17. The third-order valence-electron chi connectivity index (χ3n) is 3.89. The molecule has 3 rings (SSSR count). The molecule has 2 N–H and O–H groups in total. The van der Waals surface area contributed by atoms with E-state index in [-0.39, 0.29) is 5.91 Å². The molecule has 3 atom stereocenters. The molecular formula is C11H16N4OS. The minimum Gasteiger partial charge on any atom is -0.363 e. The molecule has 92 valence electrons. The highest BCUT2D eigenvalue weighted by atomic mass is 32.1. The van der Waals surface area contributed by atoms with Gasteiger partial charge in [0.15, 0.2) is 0 Å². The van der Waals surface area contributed by atoms with Gasteiger partial charge in [0.1, 0.15) is 0 Å². The number of carbonyl (C=O) groups excluding carboxylic acids is 1. The third-order valence-corrected chi connectivity index (χ3v) is 4.83. The van der Waals surface area contributed by atoms with E-state index in [1.807, 2.05) is 0 Å². The molecule has 0 aromatic carbocycles. The lowest BCUT2D eigenvalue weighted by Gasteiger charge is -2.22. The zero-order valence-electron chi connectivity index (χ0n) is 9.77. The number of carbonyl (C=O) groups is 1. The van der Waals surface area contributed by atoms with E-state index < -0.39 is 0 Å². The molecule has 0 saturated heterocycles. The number of hydrogen-bond acceptors (Lipinski definition) is 5. The van der Waals surface area contributed by atoms with Crippen LogP contribution in [0.3, 0.4) is 0 Å². The summed E-state index contributed by atoms with van der Waals surface area (Å²) in [5.41, 5.74) is 0. The van der Waals surface area contributed by atoms with Crippen molar-refractivity contribution in [3.05, 3.63) is 5.01 Å². The van der Waals surface area contributed by atoms with Crippen LogP contribution in [0.2, 0.25) is 0 Å². The maximum absolute atomic E-state index is 12.0. The van der Waals surface area contributed by atoms with Gasteiger partial charge in [-0.15, -0.1) is 10.2 Å². The van der Waals surface area contributed by atoms with Gasteiger partial charge in [0.05, 0.1) is 0 Å². The van der Waals surface area contributed by atoms with Gasteiger partial charge in [0.25, 0.3) is 5.91 Å². The van der Waals surface area contributed by atoms with Gasteiger partial charge in [-0.05, 0) is 31.1 Å². The smallest absolute Gasteiger partial charge is 0.282 e. The van der Waals surface area contributed by atoms with E-state index in [0.717, 1.165) is 12.3 Å². The van der Waals surface area contributed by atoms with Crippen LogP contribution in [0.5, 0.6) is 0 Å². The molecule has 1 heterocycles. The summed E-state index contributed by atoms with van der Waals surface area (Å²) in [4.78, 5) is 12.0. The lowest BCUT2D eigenvalue weighted by molar-refractivity contribution is 0.0922. The van der Waals surface area contributed by atoms with E-state index in [1.165, 1.54) is 30.6 Å². The highest BCUT2D eigenvalue weighted by Gasteiger charge is 2.40. The molecule has 1 aromatic heterocycles. The average Bonchev–Trinajstić information content (AvgIpc) is 3.04. The number of aromatic nitrogens is 2. The molecule has 2 saturated carbocycles. The summed E-state index contributed by atoms with van der Waals surface area (Å²) in [5.74, 6) is 1.47. The monoisotopic (exact) mass is 252 g/mol. The van der Waals surface area contributed by atoms with Gasteiger partial charge >= 0.3 is 0 Å². The predicted octanol–water partition coefficient (Wildman–Crippen LogP) is 1.50. The standard InChI is InChI=1S/C11H16N4OS/c1-12-11-15-14-10(17-11)9(16)13-8-5-6-2-3-7(8)4-6/h6-8H,2-5H2,1H3,(H,12,15)(H,13,16). The fourth-order valence-corrected chi connectivity index (χ4v) is 3.67. The topological polar surface area (TPSA) is 66.9 Å². The molecule has 0 radical (unpaired) electrons. The third kappa shape index (κ3) is 2.01. The van der Waals surface area contributed by atoms with Crippen LogP contribution >= 0.6 is 11.3 Å². The summed E-state index contributed by atoms with van der Waals surface area (Å²) in [5, 5.41) is 14.9. The van der Waals surface area contributed by atoms with E-state index >= 15 is 0 Å². The van der Waals surface area contributed by atoms with Crippen LogP contribution in [0.1, 0.15) is 35.5 Å². The first kappa shape index (κ1) is 11.0. The van der Waals surface area contributed by atoms with Crippen molar-refractivity contribution in [2.75, 3.05) is 12.4 Å². The Morgan fingerprint density at radius 1 is 1.35 bits per heavy atom. The predicted molar refractivity (Wildman–Crippen MR) is 66.2 cm³/mol. The van der Waals surface area contributed by atoms with Crippen LogP contribution in [-0.2, 0) is 0 Å². The Morgan fingerprint density at radius 2 is 2.24 bits per heavy atom. The SMILES string of the molecule is CNc1nnc(C(=O)NC2CC3CCC2C3)s1. The summed E-state index contributed by atoms with van der Waals surface area (Å²) < 4.78 is 0. The summed E-state index contributed by atoms with van der Waals surface area (Å²) in [6.45, 7) is 0. The van der Waals surface area contributed by atoms with Crippen LogP contribution in [0.4, 0.5) is 5.13 Å². The maximum atomic E-state index is 12.0. The van der Waals surface area contributed by atoms with Crippen LogP contribution in [-0.4, -0.2) is 29.2 Å². The Hall–Kier alpha value is -1.17. The number of anilines is 1.